The maximum absolute atomic E-state index is 11.4. The van der Waals surface area contributed by atoms with E-state index in [4.69, 9.17) is 4.42 Å². The standard InChI is InChI=1S/C11H8O5/c1-15-11(14)8-5-10(13)16-9-3-2-6(12)4-7(8)9/h2-5,12H,1H3. The Hall–Kier alpha value is -2.30. The molecule has 0 atom stereocenters. The molecule has 82 valence electrons. The van der Waals surface area contributed by atoms with Gasteiger partial charge in [0.1, 0.15) is 11.3 Å². The number of phenols is 1. The van der Waals surface area contributed by atoms with Crippen molar-refractivity contribution in [2.24, 2.45) is 0 Å². The molecule has 0 saturated heterocycles. The zero-order valence-corrected chi connectivity index (χ0v) is 8.39. The maximum Gasteiger partial charge on any atom is 0.338 e. The third kappa shape index (κ3) is 1.63. The summed E-state index contributed by atoms with van der Waals surface area (Å²) in [5.41, 5.74) is -0.339. The first-order chi connectivity index (χ1) is 7.61. The highest BCUT2D eigenvalue weighted by Crippen LogP contribution is 2.22. The van der Waals surface area contributed by atoms with Gasteiger partial charge < -0.3 is 14.3 Å². The first-order valence-electron chi connectivity index (χ1n) is 4.47. The van der Waals surface area contributed by atoms with Gasteiger partial charge in [0, 0.05) is 11.5 Å². The lowest BCUT2D eigenvalue weighted by atomic mass is 10.1. The van der Waals surface area contributed by atoms with E-state index >= 15 is 0 Å². The number of benzene rings is 1. The Morgan fingerprint density at radius 1 is 1.38 bits per heavy atom. The number of hydrogen-bond donors (Lipinski definition) is 1. The first kappa shape index (κ1) is 10.2. The summed E-state index contributed by atoms with van der Waals surface area (Å²) in [4.78, 5) is 22.6. The molecule has 0 amide bonds. The van der Waals surface area contributed by atoms with Crippen molar-refractivity contribution in [1.82, 2.24) is 0 Å². The number of methoxy groups -OCH3 is 1. The molecular formula is C11H8O5. The minimum atomic E-state index is -0.650. The molecule has 0 fully saturated rings. The predicted octanol–water partition coefficient (Wildman–Crippen LogP) is 1.29. The second-order valence-corrected chi connectivity index (χ2v) is 3.15. The molecule has 0 aliphatic carbocycles. The van der Waals surface area contributed by atoms with Gasteiger partial charge in [-0.05, 0) is 18.2 Å². The smallest absolute Gasteiger partial charge is 0.338 e. The van der Waals surface area contributed by atoms with Crippen LogP contribution in [0.5, 0.6) is 5.75 Å². The molecule has 0 spiro atoms. The van der Waals surface area contributed by atoms with Crippen molar-refractivity contribution in [3.63, 3.8) is 0 Å². The van der Waals surface area contributed by atoms with Gasteiger partial charge in [0.15, 0.2) is 0 Å². The minimum absolute atomic E-state index is 0.0218. The summed E-state index contributed by atoms with van der Waals surface area (Å²) in [6.07, 6.45) is 0. The van der Waals surface area contributed by atoms with Crippen molar-refractivity contribution in [1.29, 1.82) is 0 Å². The lowest BCUT2D eigenvalue weighted by Gasteiger charge is -2.03. The van der Waals surface area contributed by atoms with E-state index < -0.39 is 11.6 Å². The van der Waals surface area contributed by atoms with Crippen molar-refractivity contribution in [3.8, 4) is 5.75 Å². The predicted molar refractivity (Wildman–Crippen MR) is 55.5 cm³/mol. The molecule has 5 nitrogen and oxygen atoms in total. The Morgan fingerprint density at radius 3 is 2.81 bits per heavy atom. The third-order valence-electron chi connectivity index (χ3n) is 2.13. The zero-order chi connectivity index (χ0) is 11.7. The summed E-state index contributed by atoms with van der Waals surface area (Å²) in [6.45, 7) is 0. The first-order valence-corrected chi connectivity index (χ1v) is 4.47. The summed E-state index contributed by atoms with van der Waals surface area (Å²) in [5, 5.41) is 9.65. The molecule has 1 N–H and O–H groups in total. The van der Waals surface area contributed by atoms with E-state index in [0.717, 1.165) is 6.07 Å². The largest absolute Gasteiger partial charge is 0.508 e. The molecule has 2 aromatic rings. The second-order valence-electron chi connectivity index (χ2n) is 3.15. The van der Waals surface area contributed by atoms with Gasteiger partial charge >= 0.3 is 11.6 Å². The van der Waals surface area contributed by atoms with Gasteiger partial charge in [0.2, 0.25) is 0 Å². The monoisotopic (exact) mass is 220 g/mol. The van der Waals surface area contributed by atoms with Gasteiger partial charge in [0.25, 0.3) is 0 Å². The van der Waals surface area contributed by atoms with E-state index in [1.54, 1.807) is 0 Å². The van der Waals surface area contributed by atoms with Crippen LogP contribution in [0.15, 0.2) is 33.5 Å². The number of phenolic OH excluding ortho intramolecular Hbond substituents is 1. The van der Waals surface area contributed by atoms with Crippen molar-refractivity contribution >= 4 is 16.9 Å². The molecular weight excluding hydrogens is 212 g/mol. The van der Waals surface area contributed by atoms with Crippen molar-refractivity contribution in [2.75, 3.05) is 7.11 Å². The van der Waals surface area contributed by atoms with Crippen LogP contribution in [0.25, 0.3) is 11.0 Å². The summed E-state index contributed by atoms with van der Waals surface area (Å²) in [5.74, 6) is -0.671. The number of aromatic hydroxyl groups is 1. The minimum Gasteiger partial charge on any atom is -0.508 e. The summed E-state index contributed by atoms with van der Waals surface area (Å²) < 4.78 is 9.42. The molecule has 0 saturated carbocycles. The number of carbonyl (C=O) groups is 1. The van der Waals surface area contributed by atoms with Crippen LogP contribution >= 0.6 is 0 Å². The molecule has 0 bridgehead atoms. The Balaban J connectivity index is 2.84. The van der Waals surface area contributed by atoms with Gasteiger partial charge in [0.05, 0.1) is 12.7 Å². The van der Waals surface area contributed by atoms with E-state index in [1.165, 1.54) is 25.3 Å². The Morgan fingerprint density at radius 2 is 2.12 bits per heavy atom. The molecule has 1 heterocycles. The lowest BCUT2D eigenvalue weighted by Crippen LogP contribution is -2.07. The topological polar surface area (TPSA) is 76.7 Å². The fourth-order valence-electron chi connectivity index (χ4n) is 1.43. The summed E-state index contributed by atoms with van der Waals surface area (Å²) in [6, 6.07) is 5.16. The number of hydrogen-bond acceptors (Lipinski definition) is 5. The molecule has 0 aliphatic rings. The average Bonchev–Trinajstić information content (AvgIpc) is 2.27. The normalized spacial score (nSPS) is 10.3. The third-order valence-corrected chi connectivity index (χ3v) is 2.13. The van der Waals surface area contributed by atoms with Gasteiger partial charge in [-0.3, -0.25) is 0 Å². The fraction of sp³-hybridized carbons (Fsp3) is 0.0909. The van der Waals surface area contributed by atoms with Crippen LogP contribution in [0.3, 0.4) is 0 Å². The number of esters is 1. The highest BCUT2D eigenvalue weighted by molar-refractivity contribution is 6.02. The Bertz CT molecular complexity index is 611. The maximum atomic E-state index is 11.4. The summed E-state index contributed by atoms with van der Waals surface area (Å²) >= 11 is 0. The van der Waals surface area contributed by atoms with Crippen LogP contribution in [0.4, 0.5) is 0 Å². The Labute approximate surface area is 89.9 Å². The van der Waals surface area contributed by atoms with Crippen LogP contribution in [0, 0.1) is 0 Å². The van der Waals surface area contributed by atoms with E-state index in [2.05, 4.69) is 4.74 Å². The van der Waals surface area contributed by atoms with Crippen LogP contribution in [-0.4, -0.2) is 18.2 Å². The van der Waals surface area contributed by atoms with Crippen molar-refractivity contribution in [3.05, 3.63) is 40.2 Å². The lowest BCUT2D eigenvalue weighted by molar-refractivity contribution is 0.0602. The van der Waals surface area contributed by atoms with Crippen LogP contribution in [0.2, 0.25) is 0 Å². The van der Waals surface area contributed by atoms with Crippen molar-refractivity contribution in [2.45, 2.75) is 0 Å². The molecule has 2 rings (SSSR count). The number of carbonyl (C=O) groups excluding carboxylic acids is 1. The van der Waals surface area contributed by atoms with Gasteiger partial charge in [-0.1, -0.05) is 0 Å². The highest BCUT2D eigenvalue weighted by Gasteiger charge is 2.13. The molecule has 0 radical (unpaired) electrons. The van der Waals surface area contributed by atoms with Crippen molar-refractivity contribution < 1.29 is 19.1 Å². The van der Waals surface area contributed by atoms with E-state index in [0.29, 0.717) is 5.39 Å². The van der Waals surface area contributed by atoms with E-state index in [1.807, 2.05) is 0 Å². The average molecular weight is 220 g/mol. The van der Waals surface area contributed by atoms with E-state index in [-0.39, 0.29) is 16.9 Å². The number of ether oxygens (including phenoxy) is 1. The van der Waals surface area contributed by atoms with Crippen LogP contribution in [-0.2, 0) is 4.74 Å². The summed E-state index contributed by atoms with van der Waals surface area (Å²) in [7, 11) is 1.21. The molecule has 1 aromatic carbocycles. The Kier molecular flexibility index (Phi) is 2.36. The van der Waals surface area contributed by atoms with E-state index in [9.17, 15) is 14.7 Å². The van der Waals surface area contributed by atoms with Gasteiger partial charge in [-0.25, -0.2) is 9.59 Å². The SMILES string of the molecule is COC(=O)c1cc(=O)oc2ccc(O)cc12. The quantitative estimate of drug-likeness (QED) is 0.578. The van der Waals surface area contributed by atoms with Crippen LogP contribution < -0.4 is 5.63 Å². The number of rotatable bonds is 1. The van der Waals surface area contributed by atoms with Gasteiger partial charge in [-0.2, -0.15) is 0 Å². The second kappa shape index (κ2) is 3.69. The molecule has 1 aromatic heterocycles. The molecule has 0 aliphatic heterocycles. The zero-order valence-electron chi connectivity index (χ0n) is 8.39. The molecule has 5 heteroatoms. The van der Waals surface area contributed by atoms with Crippen LogP contribution in [0.1, 0.15) is 10.4 Å². The van der Waals surface area contributed by atoms with Gasteiger partial charge in [-0.15, -0.1) is 0 Å². The highest BCUT2D eigenvalue weighted by atomic mass is 16.5. The number of fused-ring (bicyclic) bond motifs is 1. The fourth-order valence-corrected chi connectivity index (χ4v) is 1.43. The molecule has 16 heavy (non-hydrogen) atoms. The molecule has 0 unspecified atom stereocenters.